The summed E-state index contributed by atoms with van der Waals surface area (Å²) in [6, 6.07) is 2.39. The number of carbonyl (C=O) groups excluding carboxylic acids is 2. The zero-order valence-electron chi connectivity index (χ0n) is 15.5. The van der Waals surface area contributed by atoms with Crippen molar-refractivity contribution in [2.24, 2.45) is 0 Å². The zero-order chi connectivity index (χ0) is 20.9. The highest BCUT2D eigenvalue weighted by Gasteiger charge is 2.34. The van der Waals surface area contributed by atoms with Crippen LogP contribution in [0.25, 0.3) is 0 Å². The average Bonchev–Trinajstić information content (AvgIpc) is 3.02. The minimum atomic E-state index is -4.67. The molecule has 0 bridgehead atoms. The molecule has 0 atom stereocenters. The lowest BCUT2D eigenvalue weighted by Crippen LogP contribution is -2.26. The molecule has 0 fully saturated rings. The maximum Gasteiger partial charge on any atom is 0.418 e. The van der Waals surface area contributed by atoms with Gasteiger partial charge in [0, 0.05) is 20.3 Å². The van der Waals surface area contributed by atoms with Crippen LogP contribution in [0, 0.1) is 0 Å². The number of hydrogen-bond donors (Lipinski definition) is 2. The Kier molecular flexibility index (Phi) is 6.49. The van der Waals surface area contributed by atoms with E-state index in [1.807, 2.05) is 0 Å². The first-order chi connectivity index (χ1) is 13.1. The summed E-state index contributed by atoms with van der Waals surface area (Å²) < 4.78 is 46.2. The molecule has 2 N–H and O–H groups in total. The summed E-state index contributed by atoms with van der Waals surface area (Å²) in [7, 11) is 3.18. The van der Waals surface area contributed by atoms with Crippen molar-refractivity contribution in [3.63, 3.8) is 0 Å². The summed E-state index contributed by atoms with van der Waals surface area (Å²) in [6.45, 7) is 1.83. The number of anilines is 2. The molecular weight excluding hydrogens is 379 g/mol. The molecule has 0 saturated carbocycles. The van der Waals surface area contributed by atoms with Crippen molar-refractivity contribution in [2.45, 2.75) is 19.6 Å². The second-order valence-electron chi connectivity index (χ2n) is 5.93. The molecule has 8 nitrogen and oxygen atoms in total. The smallest absolute Gasteiger partial charge is 0.418 e. The number of rotatable bonds is 6. The van der Waals surface area contributed by atoms with Crippen LogP contribution in [-0.4, -0.2) is 47.3 Å². The number of nitrogens with one attached hydrogen (secondary N) is 2. The van der Waals surface area contributed by atoms with E-state index in [0.717, 1.165) is 12.1 Å². The average molecular weight is 399 g/mol. The van der Waals surface area contributed by atoms with Crippen LogP contribution in [0.15, 0.2) is 30.6 Å². The van der Waals surface area contributed by atoms with Crippen LogP contribution in [0.3, 0.4) is 0 Å². The molecule has 28 heavy (non-hydrogen) atoms. The van der Waals surface area contributed by atoms with E-state index in [0.29, 0.717) is 0 Å². The third-order valence-corrected chi connectivity index (χ3v) is 3.54. The van der Waals surface area contributed by atoms with E-state index in [1.165, 1.54) is 28.0 Å². The quantitative estimate of drug-likeness (QED) is 0.782. The van der Waals surface area contributed by atoms with Crippen molar-refractivity contribution in [3.8, 4) is 5.75 Å². The van der Waals surface area contributed by atoms with Gasteiger partial charge in [-0.05, 0) is 25.1 Å². The summed E-state index contributed by atoms with van der Waals surface area (Å²) >= 11 is 0. The first-order valence-electron chi connectivity index (χ1n) is 8.24. The fourth-order valence-corrected chi connectivity index (χ4v) is 2.20. The van der Waals surface area contributed by atoms with Gasteiger partial charge in [0.1, 0.15) is 12.3 Å². The van der Waals surface area contributed by atoms with Gasteiger partial charge in [-0.15, -0.1) is 0 Å². The Morgan fingerprint density at radius 1 is 1.25 bits per heavy atom. The SMILES string of the molecule is CCOc1ccc(NC(=O)Nc2cnn(CC(=O)N(C)C)c2)c(C(F)(F)F)c1. The molecule has 0 aliphatic carbocycles. The summed E-state index contributed by atoms with van der Waals surface area (Å²) in [4.78, 5) is 25.1. The monoisotopic (exact) mass is 399 g/mol. The van der Waals surface area contributed by atoms with Crippen LogP contribution in [0.5, 0.6) is 5.75 Å². The molecule has 0 saturated heterocycles. The first kappa shape index (κ1) is 21.1. The number of carbonyl (C=O) groups is 2. The van der Waals surface area contributed by atoms with Gasteiger partial charge in [-0.1, -0.05) is 0 Å². The molecule has 2 aromatic rings. The van der Waals surface area contributed by atoms with Crippen molar-refractivity contribution >= 4 is 23.3 Å². The van der Waals surface area contributed by atoms with Crippen LogP contribution in [-0.2, 0) is 17.5 Å². The van der Waals surface area contributed by atoms with Crippen molar-refractivity contribution < 1.29 is 27.5 Å². The summed E-state index contributed by atoms with van der Waals surface area (Å²) in [5.41, 5.74) is -1.21. The predicted octanol–water partition coefficient (Wildman–Crippen LogP) is 3.03. The maximum atomic E-state index is 13.3. The number of halogens is 3. The van der Waals surface area contributed by atoms with Gasteiger partial charge >= 0.3 is 12.2 Å². The van der Waals surface area contributed by atoms with Gasteiger partial charge in [0.25, 0.3) is 0 Å². The number of alkyl halides is 3. The van der Waals surface area contributed by atoms with Crippen LogP contribution in [0.1, 0.15) is 12.5 Å². The Hall–Kier alpha value is -3.24. The topological polar surface area (TPSA) is 88.5 Å². The Balaban J connectivity index is 2.09. The van der Waals surface area contributed by atoms with Crippen molar-refractivity contribution in [1.82, 2.24) is 14.7 Å². The molecule has 0 unspecified atom stereocenters. The highest BCUT2D eigenvalue weighted by molar-refractivity contribution is 6.00. The van der Waals surface area contributed by atoms with E-state index in [9.17, 15) is 22.8 Å². The number of benzene rings is 1. The normalized spacial score (nSPS) is 11.1. The van der Waals surface area contributed by atoms with E-state index >= 15 is 0 Å². The molecule has 2 rings (SSSR count). The van der Waals surface area contributed by atoms with Crippen molar-refractivity contribution in [3.05, 3.63) is 36.2 Å². The highest BCUT2D eigenvalue weighted by atomic mass is 19.4. The van der Waals surface area contributed by atoms with E-state index in [4.69, 9.17) is 4.74 Å². The predicted molar refractivity (Wildman–Crippen MR) is 96.2 cm³/mol. The van der Waals surface area contributed by atoms with Crippen LogP contribution >= 0.6 is 0 Å². The zero-order valence-corrected chi connectivity index (χ0v) is 15.5. The number of amides is 3. The minimum absolute atomic E-state index is 0.0343. The lowest BCUT2D eigenvalue weighted by atomic mass is 10.1. The maximum absolute atomic E-state index is 13.3. The van der Waals surface area contributed by atoms with Crippen molar-refractivity contribution in [1.29, 1.82) is 0 Å². The molecule has 1 aromatic heterocycles. The van der Waals surface area contributed by atoms with E-state index in [-0.39, 0.29) is 30.5 Å². The number of urea groups is 1. The molecule has 3 amide bonds. The number of nitrogens with zero attached hydrogens (tertiary/aromatic N) is 3. The molecule has 0 radical (unpaired) electrons. The van der Waals surface area contributed by atoms with Crippen LogP contribution in [0.2, 0.25) is 0 Å². The second kappa shape index (κ2) is 8.63. The van der Waals surface area contributed by atoms with Crippen LogP contribution < -0.4 is 15.4 Å². The summed E-state index contributed by atoms with van der Waals surface area (Å²) in [5, 5.41) is 8.46. The fourth-order valence-electron chi connectivity index (χ4n) is 2.20. The molecular formula is C17H20F3N5O3. The van der Waals surface area contributed by atoms with Gasteiger partial charge in [0.2, 0.25) is 5.91 Å². The summed E-state index contributed by atoms with van der Waals surface area (Å²) in [6.07, 6.45) is -2.00. The standard InChI is InChI=1S/C17H20F3N5O3/c1-4-28-12-5-6-14(13(7-12)17(18,19)20)23-16(27)22-11-8-21-25(9-11)10-15(26)24(2)3/h5-9H,4,10H2,1-3H3,(H2,22,23,27). The van der Waals surface area contributed by atoms with Gasteiger partial charge in [-0.25, -0.2) is 4.79 Å². The Morgan fingerprint density at radius 2 is 1.96 bits per heavy atom. The molecule has 152 valence electrons. The third-order valence-electron chi connectivity index (χ3n) is 3.54. The molecule has 0 aliphatic rings. The summed E-state index contributed by atoms with van der Waals surface area (Å²) in [5.74, 6) is -0.157. The van der Waals surface area contributed by atoms with Crippen molar-refractivity contribution in [2.75, 3.05) is 31.3 Å². The Morgan fingerprint density at radius 3 is 2.57 bits per heavy atom. The number of likely N-dealkylation sites (N-methyl/N-ethyl adjacent to an activating group) is 1. The van der Waals surface area contributed by atoms with Gasteiger partial charge < -0.3 is 20.3 Å². The van der Waals surface area contributed by atoms with E-state index in [2.05, 4.69) is 15.7 Å². The molecule has 0 aliphatic heterocycles. The lowest BCUT2D eigenvalue weighted by molar-refractivity contribution is -0.137. The van der Waals surface area contributed by atoms with E-state index in [1.54, 1.807) is 21.0 Å². The Labute approximate surface area is 159 Å². The fraction of sp³-hybridized carbons (Fsp3) is 0.353. The van der Waals surface area contributed by atoms with Gasteiger partial charge in [-0.2, -0.15) is 18.3 Å². The first-order valence-corrected chi connectivity index (χ1v) is 8.24. The second-order valence-corrected chi connectivity index (χ2v) is 5.93. The van der Waals surface area contributed by atoms with Gasteiger partial charge in [0.05, 0.1) is 29.7 Å². The largest absolute Gasteiger partial charge is 0.494 e. The lowest BCUT2D eigenvalue weighted by Gasteiger charge is -2.15. The van der Waals surface area contributed by atoms with Crippen LogP contribution in [0.4, 0.5) is 29.3 Å². The molecule has 1 heterocycles. The number of hydrogen-bond acceptors (Lipinski definition) is 4. The molecule has 0 spiro atoms. The number of ether oxygens (including phenoxy) is 1. The molecule has 11 heteroatoms. The number of aromatic nitrogens is 2. The molecule has 1 aromatic carbocycles. The third kappa shape index (κ3) is 5.63. The minimum Gasteiger partial charge on any atom is -0.494 e. The van der Waals surface area contributed by atoms with E-state index < -0.39 is 23.5 Å². The van der Waals surface area contributed by atoms with Gasteiger partial charge in [0.15, 0.2) is 0 Å². The highest BCUT2D eigenvalue weighted by Crippen LogP contribution is 2.37. The van der Waals surface area contributed by atoms with Gasteiger partial charge in [-0.3, -0.25) is 9.48 Å². The Bertz CT molecular complexity index is 849.